The lowest BCUT2D eigenvalue weighted by molar-refractivity contribution is 0.223. The largest absolute Gasteiger partial charge is 0.295 e. The highest BCUT2D eigenvalue weighted by Crippen LogP contribution is 2.24. The van der Waals surface area contributed by atoms with E-state index in [0.29, 0.717) is 11.4 Å². The average molecular weight is 338 g/mol. The quantitative estimate of drug-likeness (QED) is 0.804. The van der Waals surface area contributed by atoms with Gasteiger partial charge in [0.2, 0.25) is 10.0 Å². The van der Waals surface area contributed by atoms with Crippen molar-refractivity contribution in [3.05, 3.63) is 52.7 Å². The predicted molar refractivity (Wildman–Crippen MR) is 91.6 cm³/mol. The SMILES string of the molecule is CCN(CC)C(CNS(=O)(=O)c1ccccc1)c1cccs1. The van der Waals surface area contributed by atoms with Crippen LogP contribution >= 0.6 is 11.3 Å². The van der Waals surface area contributed by atoms with Gasteiger partial charge in [-0.15, -0.1) is 11.3 Å². The minimum absolute atomic E-state index is 0.0634. The molecule has 0 saturated carbocycles. The molecule has 0 fully saturated rings. The van der Waals surface area contributed by atoms with Gasteiger partial charge in [0.05, 0.1) is 10.9 Å². The van der Waals surface area contributed by atoms with Gasteiger partial charge in [0.1, 0.15) is 0 Å². The normalized spacial score (nSPS) is 13.4. The molecule has 0 spiro atoms. The van der Waals surface area contributed by atoms with Crippen LogP contribution in [-0.4, -0.2) is 33.0 Å². The fourth-order valence-electron chi connectivity index (χ4n) is 2.43. The minimum Gasteiger partial charge on any atom is -0.295 e. The van der Waals surface area contributed by atoms with Crippen molar-refractivity contribution in [1.29, 1.82) is 0 Å². The Hall–Kier alpha value is -1.21. The third-order valence-electron chi connectivity index (χ3n) is 3.64. The summed E-state index contributed by atoms with van der Waals surface area (Å²) in [6, 6.07) is 12.6. The first-order valence-corrected chi connectivity index (χ1v) is 9.77. The maximum atomic E-state index is 12.4. The first-order chi connectivity index (χ1) is 10.6. The van der Waals surface area contributed by atoms with E-state index in [1.165, 1.54) is 4.88 Å². The van der Waals surface area contributed by atoms with Gasteiger partial charge in [-0.25, -0.2) is 13.1 Å². The number of hydrogen-bond acceptors (Lipinski definition) is 4. The van der Waals surface area contributed by atoms with Crippen LogP contribution in [0.2, 0.25) is 0 Å². The first kappa shape index (κ1) is 17.1. The van der Waals surface area contributed by atoms with Crippen LogP contribution < -0.4 is 4.72 Å². The molecule has 0 aliphatic heterocycles. The van der Waals surface area contributed by atoms with Crippen LogP contribution in [0, 0.1) is 0 Å². The summed E-state index contributed by atoms with van der Waals surface area (Å²) in [5.74, 6) is 0. The van der Waals surface area contributed by atoms with Crippen LogP contribution in [0.1, 0.15) is 24.8 Å². The van der Waals surface area contributed by atoms with Gasteiger partial charge in [0.25, 0.3) is 0 Å². The molecule has 0 amide bonds. The van der Waals surface area contributed by atoms with E-state index < -0.39 is 10.0 Å². The third kappa shape index (κ3) is 4.16. The summed E-state index contributed by atoms with van der Waals surface area (Å²) in [5.41, 5.74) is 0. The van der Waals surface area contributed by atoms with E-state index in [1.54, 1.807) is 35.6 Å². The number of thiophene rings is 1. The number of nitrogens with zero attached hydrogens (tertiary/aromatic N) is 1. The molecule has 0 aliphatic carbocycles. The molecule has 120 valence electrons. The van der Waals surface area contributed by atoms with Crippen LogP contribution in [0.4, 0.5) is 0 Å². The molecule has 4 nitrogen and oxygen atoms in total. The highest BCUT2D eigenvalue weighted by atomic mass is 32.2. The van der Waals surface area contributed by atoms with E-state index in [0.717, 1.165) is 13.1 Å². The second-order valence-corrected chi connectivity index (χ2v) is 7.66. The lowest BCUT2D eigenvalue weighted by atomic mass is 10.2. The highest BCUT2D eigenvalue weighted by Gasteiger charge is 2.22. The highest BCUT2D eigenvalue weighted by molar-refractivity contribution is 7.89. The Balaban J connectivity index is 2.15. The Bertz CT molecular complexity index is 651. The maximum Gasteiger partial charge on any atom is 0.240 e. The second-order valence-electron chi connectivity index (χ2n) is 4.92. The Labute approximate surface area is 136 Å². The summed E-state index contributed by atoms with van der Waals surface area (Å²) in [4.78, 5) is 3.75. The fraction of sp³-hybridized carbons (Fsp3) is 0.375. The second kappa shape index (κ2) is 7.87. The Morgan fingerprint density at radius 1 is 1.09 bits per heavy atom. The molecule has 0 saturated heterocycles. The molecule has 1 aromatic carbocycles. The number of sulfonamides is 1. The number of likely N-dealkylation sites (N-methyl/N-ethyl adjacent to an activating group) is 1. The standard InChI is InChI=1S/C16H22N2O2S2/c1-3-18(4-2)15(16-11-8-12-21-16)13-17-22(19,20)14-9-6-5-7-10-14/h5-12,15,17H,3-4,13H2,1-2H3. The molecule has 2 rings (SSSR count). The van der Waals surface area contributed by atoms with Crippen LogP contribution in [0.5, 0.6) is 0 Å². The summed E-state index contributed by atoms with van der Waals surface area (Å²) >= 11 is 1.66. The van der Waals surface area contributed by atoms with Crippen molar-refractivity contribution in [3.8, 4) is 0 Å². The summed E-state index contributed by atoms with van der Waals surface area (Å²) in [7, 11) is -3.47. The van der Waals surface area contributed by atoms with E-state index in [1.807, 2.05) is 17.5 Å². The van der Waals surface area contributed by atoms with Gasteiger partial charge < -0.3 is 0 Å². The van der Waals surface area contributed by atoms with Gasteiger partial charge in [-0.2, -0.15) is 0 Å². The molecule has 0 aliphatic rings. The molecule has 1 N–H and O–H groups in total. The van der Waals surface area contributed by atoms with Gasteiger partial charge in [-0.3, -0.25) is 4.90 Å². The molecule has 1 aromatic heterocycles. The van der Waals surface area contributed by atoms with Gasteiger partial charge in [-0.1, -0.05) is 38.1 Å². The lowest BCUT2D eigenvalue weighted by Crippen LogP contribution is -2.37. The summed E-state index contributed by atoms with van der Waals surface area (Å²) in [6.45, 7) is 6.32. The molecule has 0 radical (unpaired) electrons. The summed E-state index contributed by atoms with van der Waals surface area (Å²) < 4.78 is 27.5. The molecular formula is C16H22N2O2S2. The van der Waals surface area contributed by atoms with Crippen molar-refractivity contribution in [2.45, 2.75) is 24.8 Å². The molecule has 1 atom stereocenters. The number of benzene rings is 1. The van der Waals surface area contributed by atoms with Crippen molar-refractivity contribution >= 4 is 21.4 Å². The van der Waals surface area contributed by atoms with E-state index >= 15 is 0 Å². The topological polar surface area (TPSA) is 49.4 Å². The van der Waals surface area contributed by atoms with Gasteiger partial charge in [0, 0.05) is 11.4 Å². The monoisotopic (exact) mass is 338 g/mol. The number of rotatable bonds is 8. The predicted octanol–water partition coefficient (Wildman–Crippen LogP) is 3.11. The van der Waals surface area contributed by atoms with Crippen molar-refractivity contribution in [1.82, 2.24) is 9.62 Å². The fourth-order valence-corrected chi connectivity index (χ4v) is 4.35. The molecular weight excluding hydrogens is 316 g/mol. The van der Waals surface area contributed by atoms with Crippen molar-refractivity contribution in [2.75, 3.05) is 19.6 Å². The van der Waals surface area contributed by atoms with Crippen LogP contribution in [-0.2, 0) is 10.0 Å². The zero-order valence-corrected chi connectivity index (χ0v) is 14.5. The molecule has 2 aromatic rings. The molecule has 22 heavy (non-hydrogen) atoms. The van der Waals surface area contributed by atoms with Crippen molar-refractivity contribution in [2.24, 2.45) is 0 Å². The van der Waals surface area contributed by atoms with Gasteiger partial charge in [0.15, 0.2) is 0 Å². The van der Waals surface area contributed by atoms with Crippen molar-refractivity contribution < 1.29 is 8.42 Å². The van der Waals surface area contributed by atoms with Crippen LogP contribution in [0.3, 0.4) is 0 Å². The van der Waals surface area contributed by atoms with Gasteiger partial charge >= 0.3 is 0 Å². The maximum absolute atomic E-state index is 12.4. The Morgan fingerprint density at radius 3 is 2.32 bits per heavy atom. The number of hydrogen-bond donors (Lipinski definition) is 1. The van der Waals surface area contributed by atoms with E-state index in [4.69, 9.17) is 0 Å². The molecule has 1 unspecified atom stereocenters. The molecule has 0 bridgehead atoms. The van der Waals surface area contributed by atoms with Gasteiger partial charge in [-0.05, 0) is 36.7 Å². The average Bonchev–Trinajstić information content (AvgIpc) is 3.06. The zero-order valence-electron chi connectivity index (χ0n) is 12.9. The minimum atomic E-state index is -3.47. The Kier molecular flexibility index (Phi) is 6.14. The van der Waals surface area contributed by atoms with Crippen LogP contribution in [0.15, 0.2) is 52.7 Å². The van der Waals surface area contributed by atoms with Crippen molar-refractivity contribution in [3.63, 3.8) is 0 Å². The van der Waals surface area contributed by atoms with E-state index in [-0.39, 0.29) is 6.04 Å². The number of nitrogens with one attached hydrogen (secondary N) is 1. The summed E-state index contributed by atoms with van der Waals surface area (Å²) in [5, 5.41) is 2.03. The van der Waals surface area contributed by atoms with E-state index in [9.17, 15) is 8.42 Å². The summed E-state index contributed by atoms with van der Waals surface area (Å²) in [6.07, 6.45) is 0. The third-order valence-corrected chi connectivity index (χ3v) is 6.06. The Morgan fingerprint density at radius 2 is 1.77 bits per heavy atom. The molecule has 1 heterocycles. The lowest BCUT2D eigenvalue weighted by Gasteiger charge is -2.29. The van der Waals surface area contributed by atoms with Crippen LogP contribution in [0.25, 0.3) is 0 Å². The molecule has 6 heteroatoms. The first-order valence-electron chi connectivity index (χ1n) is 7.40. The van der Waals surface area contributed by atoms with E-state index in [2.05, 4.69) is 29.5 Å². The zero-order chi connectivity index (χ0) is 16.0. The smallest absolute Gasteiger partial charge is 0.240 e.